The molecule has 0 atom stereocenters. The molecule has 16 heavy (non-hydrogen) atoms. The molecule has 1 rings (SSSR count). The van der Waals surface area contributed by atoms with Crippen LogP contribution in [-0.2, 0) is 6.54 Å². The first-order chi connectivity index (χ1) is 7.74. The summed E-state index contributed by atoms with van der Waals surface area (Å²) < 4.78 is 5.45. The number of nitrogens with zero attached hydrogens (tertiary/aromatic N) is 1. The predicted octanol–water partition coefficient (Wildman–Crippen LogP) is 1.50. The van der Waals surface area contributed by atoms with Crippen LogP contribution in [0.3, 0.4) is 0 Å². The summed E-state index contributed by atoms with van der Waals surface area (Å²) in [6.45, 7) is 5.80. The quantitative estimate of drug-likeness (QED) is 0.679. The van der Waals surface area contributed by atoms with E-state index in [1.807, 2.05) is 25.6 Å². The SMILES string of the molecule is Cc1nc(CNCCSCCCO)oc1C. The van der Waals surface area contributed by atoms with Crippen molar-refractivity contribution in [2.24, 2.45) is 0 Å². The van der Waals surface area contributed by atoms with Crippen molar-refractivity contribution in [2.75, 3.05) is 24.7 Å². The largest absolute Gasteiger partial charge is 0.444 e. The topological polar surface area (TPSA) is 58.3 Å². The molecule has 0 unspecified atom stereocenters. The van der Waals surface area contributed by atoms with Gasteiger partial charge in [0.2, 0.25) is 5.89 Å². The van der Waals surface area contributed by atoms with Crippen LogP contribution in [0.15, 0.2) is 4.42 Å². The average molecular weight is 244 g/mol. The second-order valence-corrected chi connectivity index (χ2v) is 4.84. The number of oxazole rings is 1. The van der Waals surface area contributed by atoms with Crippen LogP contribution in [-0.4, -0.2) is 34.7 Å². The zero-order valence-electron chi connectivity index (χ0n) is 9.95. The first-order valence-corrected chi connectivity index (χ1v) is 6.71. The van der Waals surface area contributed by atoms with Crippen molar-refractivity contribution < 1.29 is 9.52 Å². The van der Waals surface area contributed by atoms with E-state index in [1.54, 1.807) is 0 Å². The van der Waals surface area contributed by atoms with E-state index in [0.29, 0.717) is 6.54 Å². The van der Waals surface area contributed by atoms with Crippen molar-refractivity contribution in [2.45, 2.75) is 26.8 Å². The van der Waals surface area contributed by atoms with Gasteiger partial charge in [0.15, 0.2) is 0 Å². The molecule has 0 spiro atoms. The molecule has 0 aliphatic rings. The molecule has 92 valence electrons. The molecular weight excluding hydrogens is 224 g/mol. The molecule has 0 bridgehead atoms. The van der Waals surface area contributed by atoms with Gasteiger partial charge in [-0.25, -0.2) is 4.98 Å². The molecule has 1 aromatic rings. The number of thioether (sulfide) groups is 1. The maximum Gasteiger partial charge on any atom is 0.208 e. The van der Waals surface area contributed by atoms with Crippen molar-refractivity contribution in [1.29, 1.82) is 0 Å². The Morgan fingerprint density at radius 2 is 2.19 bits per heavy atom. The van der Waals surface area contributed by atoms with Gasteiger partial charge in [-0.05, 0) is 26.0 Å². The van der Waals surface area contributed by atoms with Crippen LogP contribution in [0.1, 0.15) is 23.8 Å². The molecular formula is C11H20N2O2S. The van der Waals surface area contributed by atoms with Crippen molar-refractivity contribution in [1.82, 2.24) is 10.3 Å². The highest BCUT2D eigenvalue weighted by Crippen LogP contribution is 2.07. The number of aliphatic hydroxyl groups is 1. The van der Waals surface area contributed by atoms with Crippen molar-refractivity contribution >= 4 is 11.8 Å². The Bertz CT molecular complexity index is 283. The molecule has 0 saturated heterocycles. The lowest BCUT2D eigenvalue weighted by Gasteiger charge is -2.01. The highest BCUT2D eigenvalue weighted by atomic mass is 32.2. The summed E-state index contributed by atoms with van der Waals surface area (Å²) in [5.41, 5.74) is 0.967. The summed E-state index contributed by atoms with van der Waals surface area (Å²) >= 11 is 1.85. The molecule has 2 N–H and O–H groups in total. The Hall–Kier alpha value is -0.520. The Morgan fingerprint density at radius 1 is 1.38 bits per heavy atom. The molecule has 0 aliphatic carbocycles. The van der Waals surface area contributed by atoms with Gasteiger partial charge in [-0.1, -0.05) is 0 Å². The number of nitrogens with one attached hydrogen (secondary N) is 1. The van der Waals surface area contributed by atoms with Crippen molar-refractivity contribution in [3.8, 4) is 0 Å². The van der Waals surface area contributed by atoms with E-state index in [4.69, 9.17) is 9.52 Å². The van der Waals surface area contributed by atoms with Crippen LogP contribution in [0, 0.1) is 13.8 Å². The van der Waals surface area contributed by atoms with Crippen LogP contribution < -0.4 is 5.32 Å². The summed E-state index contributed by atoms with van der Waals surface area (Å²) in [7, 11) is 0. The third-order valence-corrected chi connectivity index (χ3v) is 3.29. The van der Waals surface area contributed by atoms with Gasteiger partial charge in [0, 0.05) is 18.9 Å². The minimum atomic E-state index is 0.287. The van der Waals surface area contributed by atoms with E-state index in [0.717, 1.165) is 41.8 Å². The minimum Gasteiger partial charge on any atom is -0.444 e. The highest BCUT2D eigenvalue weighted by Gasteiger charge is 2.03. The predicted molar refractivity (Wildman–Crippen MR) is 66.7 cm³/mol. The smallest absolute Gasteiger partial charge is 0.208 e. The lowest BCUT2D eigenvalue weighted by Crippen LogP contribution is -2.17. The first-order valence-electron chi connectivity index (χ1n) is 5.56. The summed E-state index contributed by atoms with van der Waals surface area (Å²) in [5, 5.41) is 11.9. The standard InChI is InChI=1S/C11H20N2O2S/c1-9-10(2)15-11(13-9)8-12-4-7-16-6-3-5-14/h12,14H,3-8H2,1-2H3. The van der Waals surface area contributed by atoms with Crippen LogP contribution in [0.25, 0.3) is 0 Å². The summed E-state index contributed by atoms with van der Waals surface area (Å²) in [4.78, 5) is 4.29. The second kappa shape index (κ2) is 7.70. The van der Waals surface area contributed by atoms with Gasteiger partial charge >= 0.3 is 0 Å². The van der Waals surface area contributed by atoms with Crippen LogP contribution in [0.4, 0.5) is 0 Å². The monoisotopic (exact) mass is 244 g/mol. The molecule has 5 heteroatoms. The third kappa shape index (κ3) is 5.01. The number of hydrogen-bond acceptors (Lipinski definition) is 5. The number of aryl methyl sites for hydroxylation is 2. The first kappa shape index (κ1) is 13.5. The number of aromatic nitrogens is 1. The van der Waals surface area contributed by atoms with E-state index < -0.39 is 0 Å². The third-order valence-electron chi connectivity index (χ3n) is 2.22. The maximum atomic E-state index is 8.60. The Kier molecular flexibility index (Phi) is 6.52. The van der Waals surface area contributed by atoms with E-state index in [9.17, 15) is 0 Å². The van der Waals surface area contributed by atoms with Gasteiger partial charge in [-0.15, -0.1) is 0 Å². The Labute approximate surface area is 101 Å². The number of aliphatic hydroxyl groups excluding tert-OH is 1. The number of rotatable bonds is 8. The summed E-state index contributed by atoms with van der Waals surface area (Å²) in [5.74, 6) is 3.73. The molecule has 0 aromatic carbocycles. The van der Waals surface area contributed by atoms with Crippen LogP contribution in [0.5, 0.6) is 0 Å². The van der Waals surface area contributed by atoms with Crippen LogP contribution >= 0.6 is 11.8 Å². The van der Waals surface area contributed by atoms with Gasteiger partial charge < -0.3 is 14.8 Å². The zero-order valence-corrected chi connectivity index (χ0v) is 10.8. The van der Waals surface area contributed by atoms with Gasteiger partial charge in [0.25, 0.3) is 0 Å². The lowest BCUT2D eigenvalue weighted by atomic mass is 10.4. The van der Waals surface area contributed by atoms with Gasteiger partial charge in [0.1, 0.15) is 5.76 Å². The molecule has 1 heterocycles. The molecule has 0 fully saturated rings. The van der Waals surface area contributed by atoms with E-state index in [1.165, 1.54) is 0 Å². The van der Waals surface area contributed by atoms with E-state index in [-0.39, 0.29) is 6.61 Å². The summed E-state index contributed by atoms with van der Waals surface area (Å²) in [6.07, 6.45) is 0.878. The fraction of sp³-hybridized carbons (Fsp3) is 0.727. The molecule has 0 amide bonds. The van der Waals surface area contributed by atoms with E-state index >= 15 is 0 Å². The van der Waals surface area contributed by atoms with E-state index in [2.05, 4.69) is 10.3 Å². The molecule has 0 aliphatic heterocycles. The van der Waals surface area contributed by atoms with Crippen molar-refractivity contribution in [3.05, 3.63) is 17.3 Å². The molecule has 4 nitrogen and oxygen atoms in total. The fourth-order valence-corrected chi connectivity index (χ4v) is 2.05. The lowest BCUT2D eigenvalue weighted by molar-refractivity contribution is 0.296. The Balaban J connectivity index is 2.03. The van der Waals surface area contributed by atoms with Gasteiger partial charge in [0.05, 0.1) is 12.2 Å². The molecule has 0 radical (unpaired) electrons. The Morgan fingerprint density at radius 3 is 2.81 bits per heavy atom. The van der Waals surface area contributed by atoms with Crippen LogP contribution in [0.2, 0.25) is 0 Å². The summed E-state index contributed by atoms with van der Waals surface area (Å²) in [6, 6.07) is 0. The average Bonchev–Trinajstić information content (AvgIpc) is 2.57. The normalized spacial score (nSPS) is 10.9. The molecule has 1 aromatic heterocycles. The zero-order chi connectivity index (χ0) is 11.8. The highest BCUT2D eigenvalue weighted by molar-refractivity contribution is 7.99. The van der Waals surface area contributed by atoms with Gasteiger partial charge in [-0.3, -0.25) is 0 Å². The second-order valence-electron chi connectivity index (χ2n) is 3.62. The maximum absolute atomic E-state index is 8.60. The fourth-order valence-electron chi connectivity index (χ4n) is 1.22. The number of hydrogen-bond donors (Lipinski definition) is 2. The minimum absolute atomic E-state index is 0.287. The van der Waals surface area contributed by atoms with Crippen molar-refractivity contribution in [3.63, 3.8) is 0 Å². The van der Waals surface area contributed by atoms with Gasteiger partial charge in [-0.2, -0.15) is 11.8 Å². The molecule has 0 saturated carbocycles.